The van der Waals surface area contributed by atoms with Crippen molar-refractivity contribution < 1.29 is 14.0 Å². The minimum absolute atomic E-state index is 0.319. The van der Waals surface area contributed by atoms with Crippen LogP contribution in [0, 0.1) is 5.82 Å². The van der Waals surface area contributed by atoms with Gasteiger partial charge in [-0.15, -0.1) is 0 Å². The molecular formula is C9H6FNO2. The highest BCUT2D eigenvalue weighted by molar-refractivity contribution is 5.86. The Morgan fingerprint density at radius 1 is 1.38 bits per heavy atom. The third kappa shape index (κ3) is 1.38. The van der Waals surface area contributed by atoms with E-state index in [9.17, 15) is 4.39 Å². The second kappa shape index (κ2) is 2.90. The SMILES string of the molecule is ON=Cc1cc2cc(F)ccc2o1. The van der Waals surface area contributed by atoms with Gasteiger partial charge in [-0.05, 0) is 24.3 Å². The van der Waals surface area contributed by atoms with E-state index in [1.54, 1.807) is 6.07 Å². The zero-order valence-electron chi connectivity index (χ0n) is 6.57. The number of benzene rings is 1. The maximum absolute atomic E-state index is 12.7. The van der Waals surface area contributed by atoms with Crippen molar-refractivity contribution in [2.75, 3.05) is 0 Å². The smallest absolute Gasteiger partial charge is 0.149 e. The molecule has 1 aromatic heterocycles. The summed E-state index contributed by atoms with van der Waals surface area (Å²) in [5.41, 5.74) is 0.566. The highest BCUT2D eigenvalue weighted by Gasteiger charge is 2.02. The lowest BCUT2D eigenvalue weighted by atomic mass is 10.2. The van der Waals surface area contributed by atoms with E-state index in [4.69, 9.17) is 9.62 Å². The van der Waals surface area contributed by atoms with E-state index in [1.165, 1.54) is 18.2 Å². The standard InChI is InChI=1S/C9H6FNO2/c10-7-1-2-9-6(3-7)4-8(13-9)5-11-12/h1-5,12H. The third-order valence-corrected chi connectivity index (χ3v) is 1.68. The highest BCUT2D eigenvalue weighted by atomic mass is 19.1. The van der Waals surface area contributed by atoms with E-state index in [2.05, 4.69) is 5.16 Å². The summed E-state index contributed by atoms with van der Waals surface area (Å²) >= 11 is 0. The first-order valence-electron chi connectivity index (χ1n) is 3.66. The van der Waals surface area contributed by atoms with Crippen molar-refractivity contribution in [3.8, 4) is 0 Å². The number of hydrogen-bond donors (Lipinski definition) is 1. The molecule has 0 spiro atoms. The molecule has 1 N–H and O–H groups in total. The largest absolute Gasteiger partial charge is 0.455 e. The van der Waals surface area contributed by atoms with Crippen LogP contribution in [0.4, 0.5) is 4.39 Å². The van der Waals surface area contributed by atoms with Gasteiger partial charge in [-0.2, -0.15) is 0 Å². The summed E-state index contributed by atoms with van der Waals surface area (Å²) in [6.45, 7) is 0. The summed E-state index contributed by atoms with van der Waals surface area (Å²) < 4.78 is 17.9. The van der Waals surface area contributed by atoms with Crippen molar-refractivity contribution in [2.45, 2.75) is 0 Å². The van der Waals surface area contributed by atoms with Crippen molar-refractivity contribution in [2.24, 2.45) is 5.16 Å². The molecule has 0 aliphatic rings. The molecule has 0 unspecified atom stereocenters. The van der Waals surface area contributed by atoms with Gasteiger partial charge < -0.3 is 9.62 Å². The minimum Gasteiger partial charge on any atom is -0.455 e. The lowest BCUT2D eigenvalue weighted by Gasteiger charge is -1.86. The summed E-state index contributed by atoms with van der Waals surface area (Å²) in [5.74, 6) is 0.0730. The molecule has 0 bridgehead atoms. The Morgan fingerprint density at radius 3 is 3.00 bits per heavy atom. The lowest BCUT2D eigenvalue weighted by molar-refractivity contribution is 0.321. The van der Waals surface area contributed by atoms with E-state index < -0.39 is 0 Å². The fourth-order valence-corrected chi connectivity index (χ4v) is 1.16. The molecule has 13 heavy (non-hydrogen) atoms. The van der Waals surface area contributed by atoms with Crippen LogP contribution in [0.1, 0.15) is 5.76 Å². The Labute approximate surface area is 73.1 Å². The topological polar surface area (TPSA) is 45.7 Å². The first-order chi connectivity index (χ1) is 6.29. The Morgan fingerprint density at radius 2 is 2.23 bits per heavy atom. The molecule has 66 valence electrons. The predicted molar refractivity (Wildman–Crippen MR) is 45.6 cm³/mol. The molecule has 2 rings (SSSR count). The van der Waals surface area contributed by atoms with Crippen molar-refractivity contribution >= 4 is 17.2 Å². The zero-order valence-corrected chi connectivity index (χ0v) is 6.57. The van der Waals surface area contributed by atoms with E-state index in [0.717, 1.165) is 6.21 Å². The maximum Gasteiger partial charge on any atom is 0.149 e. The quantitative estimate of drug-likeness (QED) is 0.415. The van der Waals surface area contributed by atoms with Gasteiger partial charge in [-0.25, -0.2) is 4.39 Å². The van der Waals surface area contributed by atoms with E-state index in [0.29, 0.717) is 16.7 Å². The van der Waals surface area contributed by atoms with Crippen LogP contribution >= 0.6 is 0 Å². The Hall–Kier alpha value is -1.84. The van der Waals surface area contributed by atoms with Crippen LogP contribution in [0.15, 0.2) is 33.8 Å². The molecule has 0 saturated heterocycles. The maximum atomic E-state index is 12.7. The second-order valence-corrected chi connectivity index (χ2v) is 2.58. The average Bonchev–Trinajstić information content (AvgIpc) is 2.46. The fourth-order valence-electron chi connectivity index (χ4n) is 1.16. The van der Waals surface area contributed by atoms with Gasteiger partial charge in [-0.3, -0.25) is 0 Å². The first-order valence-corrected chi connectivity index (χ1v) is 3.66. The number of hydrogen-bond acceptors (Lipinski definition) is 3. The van der Waals surface area contributed by atoms with Gasteiger partial charge in [0.1, 0.15) is 23.4 Å². The number of halogens is 1. The van der Waals surface area contributed by atoms with E-state index >= 15 is 0 Å². The number of rotatable bonds is 1. The molecule has 0 saturated carbocycles. The van der Waals surface area contributed by atoms with Gasteiger partial charge in [0.25, 0.3) is 0 Å². The van der Waals surface area contributed by atoms with Crippen molar-refractivity contribution in [1.82, 2.24) is 0 Å². The van der Waals surface area contributed by atoms with Crippen molar-refractivity contribution in [1.29, 1.82) is 0 Å². The number of oxime groups is 1. The van der Waals surface area contributed by atoms with Gasteiger partial charge in [0.15, 0.2) is 0 Å². The fraction of sp³-hybridized carbons (Fsp3) is 0. The van der Waals surface area contributed by atoms with Gasteiger partial charge in [0.05, 0.1) is 0 Å². The zero-order chi connectivity index (χ0) is 9.26. The second-order valence-electron chi connectivity index (χ2n) is 2.58. The van der Waals surface area contributed by atoms with Gasteiger partial charge >= 0.3 is 0 Å². The summed E-state index contributed by atoms with van der Waals surface area (Å²) in [6, 6.07) is 5.79. The van der Waals surface area contributed by atoms with Gasteiger partial charge in [0, 0.05) is 5.39 Å². The van der Waals surface area contributed by atoms with Crippen LogP contribution in [0.3, 0.4) is 0 Å². The summed E-state index contributed by atoms with van der Waals surface area (Å²) in [5, 5.41) is 11.7. The van der Waals surface area contributed by atoms with Gasteiger partial charge in [-0.1, -0.05) is 5.16 Å². The molecule has 0 atom stereocenters. The van der Waals surface area contributed by atoms with E-state index in [1.807, 2.05) is 0 Å². The van der Waals surface area contributed by atoms with Gasteiger partial charge in [0.2, 0.25) is 0 Å². The predicted octanol–water partition coefficient (Wildman–Crippen LogP) is 2.38. The molecule has 1 aromatic carbocycles. The van der Waals surface area contributed by atoms with Crippen LogP contribution in [-0.4, -0.2) is 11.4 Å². The summed E-state index contributed by atoms with van der Waals surface area (Å²) in [4.78, 5) is 0. The number of nitrogens with zero attached hydrogens (tertiary/aromatic N) is 1. The third-order valence-electron chi connectivity index (χ3n) is 1.68. The molecule has 2 aromatic rings. The molecule has 0 aliphatic heterocycles. The number of fused-ring (bicyclic) bond motifs is 1. The molecule has 0 aliphatic carbocycles. The monoisotopic (exact) mass is 179 g/mol. The van der Waals surface area contributed by atoms with Crippen LogP contribution in [0.25, 0.3) is 11.0 Å². The number of furan rings is 1. The van der Waals surface area contributed by atoms with Crippen molar-refractivity contribution in [3.05, 3.63) is 35.8 Å². The summed E-state index contributed by atoms with van der Waals surface area (Å²) in [7, 11) is 0. The van der Waals surface area contributed by atoms with Crippen LogP contribution in [0.5, 0.6) is 0 Å². The molecule has 0 radical (unpaired) electrons. The molecule has 1 heterocycles. The highest BCUT2D eigenvalue weighted by Crippen LogP contribution is 2.18. The van der Waals surface area contributed by atoms with Crippen LogP contribution < -0.4 is 0 Å². The summed E-state index contributed by atoms with van der Waals surface area (Å²) in [6.07, 6.45) is 1.15. The normalized spacial score (nSPS) is 11.5. The molecule has 0 amide bonds. The molecule has 0 fully saturated rings. The first kappa shape index (κ1) is 7.79. The Kier molecular flexibility index (Phi) is 1.73. The van der Waals surface area contributed by atoms with Crippen molar-refractivity contribution in [3.63, 3.8) is 0 Å². The van der Waals surface area contributed by atoms with E-state index in [-0.39, 0.29) is 5.82 Å². The Balaban J connectivity index is 2.62. The lowest BCUT2D eigenvalue weighted by Crippen LogP contribution is -1.70. The molecule has 4 heteroatoms. The average molecular weight is 179 g/mol. The van der Waals surface area contributed by atoms with Crippen LogP contribution in [0.2, 0.25) is 0 Å². The molecular weight excluding hydrogens is 173 g/mol. The minimum atomic E-state index is -0.319. The van der Waals surface area contributed by atoms with Crippen LogP contribution in [-0.2, 0) is 0 Å². The molecule has 3 nitrogen and oxygen atoms in total. The Bertz CT molecular complexity index is 462.